The molecule has 0 amide bonds. The van der Waals surface area contributed by atoms with Crippen LogP contribution in [0.3, 0.4) is 0 Å². The minimum absolute atomic E-state index is 0. The fourth-order valence-electron chi connectivity index (χ4n) is 8.34. The van der Waals surface area contributed by atoms with E-state index < -0.39 is 31.3 Å². The first-order valence-electron chi connectivity index (χ1n) is 12.4. The zero-order valence-corrected chi connectivity index (χ0v) is 24.2. The topological polar surface area (TPSA) is 0 Å². The third kappa shape index (κ3) is 3.54. The van der Waals surface area contributed by atoms with Gasteiger partial charge in [-0.25, -0.2) is 0 Å². The third-order valence-corrected chi connectivity index (χ3v) is 22.9. The molecule has 8 atom stereocenters. The Bertz CT molecular complexity index is 1040. The molecule has 3 fully saturated rings. The monoisotopic (exact) mass is 578 g/mol. The second-order valence-electron chi connectivity index (χ2n) is 10.5. The molecule has 172 valence electrons. The molecule has 0 spiro atoms. The molecular weight excluding hydrogens is 551 g/mol. The van der Waals surface area contributed by atoms with Crippen molar-refractivity contribution in [3.8, 4) is 0 Å². The van der Waals surface area contributed by atoms with E-state index in [1.165, 1.54) is 12.8 Å². The second kappa shape index (κ2) is 9.85. The van der Waals surface area contributed by atoms with Crippen LogP contribution in [0.5, 0.6) is 0 Å². The van der Waals surface area contributed by atoms with Gasteiger partial charge in [0.05, 0.1) is 0 Å². The molecule has 1 aliphatic heterocycles. The van der Waals surface area contributed by atoms with E-state index in [0.717, 1.165) is 42.0 Å². The van der Waals surface area contributed by atoms with Crippen molar-refractivity contribution in [3.63, 3.8) is 0 Å². The molecule has 2 aromatic carbocycles. The van der Waals surface area contributed by atoms with Crippen molar-refractivity contribution in [2.24, 2.45) is 23.7 Å². The summed E-state index contributed by atoms with van der Waals surface area (Å²) in [5, 5.41) is 3.46. The first-order valence-corrected chi connectivity index (χ1v) is 17.4. The summed E-state index contributed by atoms with van der Waals surface area (Å²) in [6, 6.07) is 23.9. The van der Waals surface area contributed by atoms with Crippen molar-refractivity contribution >= 4 is 18.4 Å². The predicted octanol–water partition coefficient (Wildman–Crippen LogP) is 0.195. The van der Waals surface area contributed by atoms with Crippen LogP contribution < -0.4 is 35.2 Å². The quantitative estimate of drug-likeness (QED) is 0.446. The number of allylic oxidation sites excluding steroid dienone is 8. The molecule has 0 bridgehead atoms. The number of rotatable bonds is 2. The van der Waals surface area contributed by atoms with E-state index in [0.29, 0.717) is 0 Å². The van der Waals surface area contributed by atoms with Gasteiger partial charge in [0.15, 0.2) is 0 Å². The molecule has 2 saturated carbocycles. The molecule has 2 aromatic rings. The van der Waals surface area contributed by atoms with Crippen molar-refractivity contribution in [1.29, 1.82) is 0 Å². The first kappa shape index (κ1) is 24.8. The zero-order chi connectivity index (χ0) is 21.1. The minimum Gasteiger partial charge on any atom is -1.00 e. The summed E-state index contributed by atoms with van der Waals surface area (Å²) in [5.41, 5.74) is 1.83. The van der Waals surface area contributed by atoms with Gasteiger partial charge < -0.3 is 24.8 Å². The van der Waals surface area contributed by atoms with Gasteiger partial charge in [-0.05, 0) is 0 Å². The molecular formula is C30H30Cl2SiZr. The van der Waals surface area contributed by atoms with Gasteiger partial charge in [0.2, 0.25) is 0 Å². The van der Waals surface area contributed by atoms with E-state index in [1.807, 2.05) is 0 Å². The molecule has 4 aliphatic carbocycles. The Kier molecular flexibility index (Phi) is 7.18. The molecule has 7 rings (SSSR count). The van der Waals surface area contributed by atoms with Crippen molar-refractivity contribution in [3.05, 3.63) is 109 Å². The van der Waals surface area contributed by atoms with Crippen LogP contribution in [0.2, 0.25) is 18.3 Å². The molecule has 1 heterocycles. The van der Waals surface area contributed by atoms with Crippen molar-refractivity contribution in [1.82, 2.24) is 0 Å². The summed E-state index contributed by atoms with van der Waals surface area (Å²) in [4.78, 5) is 0. The molecule has 0 nitrogen and oxygen atoms in total. The Morgan fingerprint density at radius 3 is 1.41 bits per heavy atom. The third-order valence-electron chi connectivity index (χ3n) is 9.40. The summed E-state index contributed by atoms with van der Waals surface area (Å²) < 4.78 is 1.99. The van der Waals surface area contributed by atoms with E-state index in [2.05, 4.69) is 109 Å². The van der Waals surface area contributed by atoms with Crippen LogP contribution in [0.4, 0.5) is 0 Å². The summed E-state index contributed by atoms with van der Waals surface area (Å²) in [5.74, 6) is 3.20. The van der Waals surface area contributed by atoms with Gasteiger partial charge in [-0.1, -0.05) is 0 Å². The van der Waals surface area contributed by atoms with Crippen LogP contribution in [-0.2, 0) is 23.2 Å². The van der Waals surface area contributed by atoms with Gasteiger partial charge in [0.25, 0.3) is 0 Å². The Hall–Kier alpha value is -0.920. The van der Waals surface area contributed by atoms with Gasteiger partial charge in [-0.15, -0.1) is 0 Å². The molecule has 0 N–H and O–H groups in total. The van der Waals surface area contributed by atoms with E-state index in [1.54, 1.807) is 10.4 Å². The smallest absolute Gasteiger partial charge is 1.00 e. The average molecular weight is 581 g/mol. The SMILES string of the molecule is C1=CC2CC3[CH]([Zr+2][CH]4C5C=CC=CC5CC4[Si]3(c3ccccc3)c3ccccc3)C2C=C1.[Cl-].[Cl-]. The molecule has 1 saturated heterocycles. The van der Waals surface area contributed by atoms with Crippen molar-refractivity contribution in [2.75, 3.05) is 0 Å². The Balaban J connectivity index is 0.00000120. The fourth-order valence-corrected chi connectivity index (χ4v) is 26.1. The molecule has 8 unspecified atom stereocenters. The molecule has 0 aromatic heterocycles. The number of fused-ring (bicyclic) bond motifs is 6. The number of benzene rings is 2. The standard InChI is InChI=1S/C30H30Si.2ClH.Zr/c1-3-15-27(16-4-1)31(28-17-5-2-6-18-28,29-19-23-11-7-8-12-24(23)20-29)30-21-25-13-9-10-14-26(25)22-30;;;/h1-19,21,23-26,29-30H,20,22H2;2*1H;/q;;;+2/p-2. The molecule has 0 radical (unpaired) electrons. The van der Waals surface area contributed by atoms with E-state index in [4.69, 9.17) is 0 Å². The molecule has 5 aliphatic rings. The predicted molar refractivity (Wildman–Crippen MR) is 133 cm³/mol. The Morgan fingerprint density at radius 1 is 0.559 bits per heavy atom. The number of halogens is 2. The van der Waals surface area contributed by atoms with Gasteiger partial charge in [0, 0.05) is 0 Å². The van der Waals surface area contributed by atoms with Gasteiger partial charge >= 0.3 is 206 Å². The van der Waals surface area contributed by atoms with E-state index in [-0.39, 0.29) is 24.8 Å². The van der Waals surface area contributed by atoms with Gasteiger partial charge in [0.1, 0.15) is 0 Å². The maximum absolute atomic E-state index is 2.62. The molecule has 4 heteroatoms. The van der Waals surface area contributed by atoms with Crippen molar-refractivity contribution < 1.29 is 48.0 Å². The largest absolute Gasteiger partial charge is 1.00 e. The second-order valence-corrected chi connectivity index (χ2v) is 19.0. The normalized spacial score (nSPS) is 37.1. The average Bonchev–Trinajstić information content (AvgIpc) is 3.42. The Labute approximate surface area is 229 Å². The van der Waals surface area contributed by atoms with E-state index >= 15 is 0 Å². The summed E-state index contributed by atoms with van der Waals surface area (Å²) in [7, 11) is -1.96. The van der Waals surface area contributed by atoms with Gasteiger partial charge in [-0.2, -0.15) is 0 Å². The number of hydrogen-bond donors (Lipinski definition) is 0. The maximum atomic E-state index is 2.62. The van der Waals surface area contributed by atoms with Crippen LogP contribution in [0.25, 0.3) is 0 Å². The summed E-state index contributed by atoms with van der Waals surface area (Å²) in [6.07, 6.45) is 22.6. The minimum atomic E-state index is -1.96. The fraction of sp³-hybridized carbons (Fsp3) is 0.333. The van der Waals surface area contributed by atoms with Crippen molar-refractivity contribution in [2.45, 2.75) is 31.2 Å². The van der Waals surface area contributed by atoms with Crippen LogP contribution in [0, 0.1) is 23.7 Å². The summed E-state index contributed by atoms with van der Waals surface area (Å²) >= 11 is -0.540. The summed E-state index contributed by atoms with van der Waals surface area (Å²) in [6.45, 7) is 0. The van der Waals surface area contributed by atoms with Crippen LogP contribution in [0.15, 0.2) is 109 Å². The van der Waals surface area contributed by atoms with Gasteiger partial charge in [-0.3, -0.25) is 0 Å². The molecule has 34 heavy (non-hydrogen) atoms. The van der Waals surface area contributed by atoms with Crippen LogP contribution in [-0.4, -0.2) is 8.07 Å². The zero-order valence-electron chi connectivity index (χ0n) is 19.2. The van der Waals surface area contributed by atoms with Crippen LogP contribution >= 0.6 is 0 Å². The first-order chi connectivity index (χ1) is 15.9. The number of hydrogen-bond acceptors (Lipinski definition) is 0. The van der Waals surface area contributed by atoms with Crippen LogP contribution in [0.1, 0.15) is 12.8 Å². The van der Waals surface area contributed by atoms with E-state index in [9.17, 15) is 0 Å². The maximum Gasteiger partial charge on any atom is -1.00 e. The Morgan fingerprint density at radius 2 is 0.971 bits per heavy atom.